The van der Waals surface area contributed by atoms with E-state index >= 15 is 0 Å². The third kappa shape index (κ3) is 5.03. The number of rotatable bonds is 7. The first-order chi connectivity index (χ1) is 17.9. The lowest BCUT2D eigenvalue weighted by Gasteiger charge is -2.32. The average Bonchev–Trinajstić information content (AvgIpc) is 3.15. The van der Waals surface area contributed by atoms with E-state index in [2.05, 4.69) is 47.6 Å². The van der Waals surface area contributed by atoms with Gasteiger partial charge in [-0.3, -0.25) is 34.3 Å². The highest BCUT2D eigenvalue weighted by molar-refractivity contribution is 6.25. The molecule has 4 amide bonds. The number of likely N-dealkylation sites (tertiary alicyclic amines) is 1. The number of aryl methyl sites for hydroxylation is 1. The van der Waals surface area contributed by atoms with E-state index in [9.17, 15) is 19.2 Å². The number of hydrogen-bond acceptors (Lipinski definition) is 6. The van der Waals surface area contributed by atoms with Crippen LogP contribution in [0.4, 0.5) is 5.69 Å². The van der Waals surface area contributed by atoms with Gasteiger partial charge in [-0.25, -0.2) is 0 Å². The first-order valence-electron chi connectivity index (χ1n) is 13.2. The fourth-order valence-electron chi connectivity index (χ4n) is 5.66. The first kappa shape index (κ1) is 25.1. The molecule has 37 heavy (non-hydrogen) atoms. The largest absolute Gasteiger partial charge is 0.380 e. The van der Waals surface area contributed by atoms with E-state index in [-0.39, 0.29) is 29.9 Å². The maximum absolute atomic E-state index is 13.3. The Hall–Kier alpha value is -3.52. The summed E-state index contributed by atoms with van der Waals surface area (Å²) in [4.78, 5) is 53.8. The Balaban J connectivity index is 1.29. The molecule has 1 atom stereocenters. The van der Waals surface area contributed by atoms with Crippen molar-refractivity contribution in [2.45, 2.75) is 65.1 Å². The number of carbonyl (C=O) groups excluding carboxylic acids is 4. The number of amides is 4. The van der Waals surface area contributed by atoms with E-state index in [4.69, 9.17) is 0 Å². The zero-order valence-electron chi connectivity index (χ0n) is 21.5. The Kier molecular flexibility index (Phi) is 7.11. The molecule has 3 aliphatic rings. The number of anilines is 1. The van der Waals surface area contributed by atoms with E-state index in [0.717, 1.165) is 36.0 Å². The van der Waals surface area contributed by atoms with Crippen molar-refractivity contribution in [2.24, 2.45) is 5.92 Å². The Labute approximate surface area is 217 Å². The molecule has 0 aliphatic carbocycles. The van der Waals surface area contributed by atoms with Crippen LogP contribution in [0.5, 0.6) is 0 Å². The van der Waals surface area contributed by atoms with Gasteiger partial charge in [-0.1, -0.05) is 37.6 Å². The summed E-state index contributed by atoms with van der Waals surface area (Å²) in [6, 6.07) is 10.6. The van der Waals surface area contributed by atoms with E-state index in [1.165, 1.54) is 30.4 Å². The average molecular weight is 503 g/mol. The molecule has 0 aromatic heterocycles. The third-order valence-corrected chi connectivity index (χ3v) is 8.04. The molecule has 2 saturated heterocycles. The number of piperidine rings is 2. The molecule has 2 fully saturated rings. The molecule has 5 rings (SSSR count). The summed E-state index contributed by atoms with van der Waals surface area (Å²) >= 11 is 0. The number of nitrogens with one attached hydrogen (secondary N) is 2. The van der Waals surface area contributed by atoms with E-state index in [0.29, 0.717) is 12.2 Å². The number of nitrogens with zero attached hydrogens (tertiary/aromatic N) is 2. The van der Waals surface area contributed by atoms with Gasteiger partial charge in [0.15, 0.2) is 0 Å². The quantitative estimate of drug-likeness (QED) is 0.561. The van der Waals surface area contributed by atoms with Gasteiger partial charge >= 0.3 is 0 Å². The molecule has 0 spiro atoms. The zero-order valence-corrected chi connectivity index (χ0v) is 21.5. The molecule has 3 heterocycles. The van der Waals surface area contributed by atoms with Crippen molar-refractivity contribution in [3.8, 4) is 0 Å². The normalized spacial score (nSPS) is 20.8. The lowest BCUT2D eigenvalue weighted by atomic mass is 9.94. The summed E-state index contributed by atoms with van der Waals surface area (Å²) in [6.07, 6.45) is 4.02. The van der Waals surface area contributed by atoms with Crippen molar-refractivity contribution in [1.82, 2.24) is 15.1 Å². The molecule has 2 N–H and O–H groups in total. The fourth-order valence-corrected chi connectivity index (χ4v) is 5.66. The van der Waals surface area contributed by atoms with Gasteiger partial charge < -0.3 is 5.32 Å². The smallest absolute Gasteiger partial charge is 0.264 e. The summed E-state index contributed by atoms with van der Waals surface area (Å²) < 4.78 is 0. The number of fused-ring (bicyclic) bond motifs is 1. The van der Waals surface area contributed by atoms with Crippen LogP contribution in [0.25, 0.3) is 0 Å². The van der Waals surface area contributed by atoms with E-state index in [1.54, 1.807) is 18.2 Å². The lowest BCUT2D eigenvalue weighted by Crippen LogP contribution is -2.54. The Morgan fingerprint density at radius 3 is 2.51 bits per heavy atom. The van der Waals surface area contributed by atoms with Crippen LogP contribution in [0.15, 0.2) is 36.4 Å². The summed E-state index contributed by atoms with van der Waals surface area (Å²) in [5.74, 6) is -1.14. The van der Waals surface area contributed by atoms with Crippen molar-refractivity contribution < 1.29 is 19.2 Å². The number of imide groups is 2. The zero-order chi connectivity index (χ0) is 26.1. The van der Waals surface area contributed by atoms with Gasteiger partial charge in [-0.2, -0.15) is 0 Å². The molecular formula is C29H34N4O4. The maximum atomic E-state index is 13.3. The Morgan fingerprint density at radius 2 is 1.78 bits per heavy atom. The minimum atomic E-state index is -0.972. The standard InChI is InChI=1S/C29H34N4O4/c1-3-19-11-13-32(14-12-19)17-21-15-20(8-7-18(21)2)16-30-23-6-4-5-22-26(23)29(37)33(28(22)36)24-9-10-25(34)31-27(24)35/h4-8,15,19,24,30H,3,9-14,16-17H2,1-2H3,(H,31,34,35). The van der Waals surface area contributed by atoms with Crippen molar-refractivity contribution in [1.29, 1.82) is 0 Å². The number of hydrogen-bond donors (Lipinski definition) is 2. The molecule has 1 unspecified atom stereocenters. The molecule has 2 aromatic rings. The van der Waals surface area contributed by atoms with Gasteiger partial charge in [0.2, 0.25) is 11.8 Å². The van der Waals surface area contributed by atoms with Gasteiger partial charge in [0.05, 0.1) is 11.1 Å². The monoisotopic (exact) mass is 502 g/mol. The summed E-state index contributed by atoms with van der Waals surface area (Å²) in [6.45, 7) is 8.13. The SMILES string of the molecule is CCC1CCN(Cc2cc(CNc3cccc4c3C(=O)N(C3CCC(=O)NC3=O)C4=O)ccc2C)CC1. The lowest BCUT2D eigenvalue weighted by molar-refractivity contribution is -0.136. The second kappa shape index (κ2) is 10.5. The predicted octanol–water partition coefficient (Wildman–Crippen LogP) is 3.63. The van der Waals surface area contributed by atoms with E-state index < -0.39 is 23.8 Å². The Bertz CT molecular complexity index is 1250. The summed E-state index contributed by atoms with van der Waals surface area (Å²) in [5.41, 5.74) is 4.79. The Morgan fingerprint density at radius 1 is 1.00 bits per heavy atom. The van der Waals surface area contributed by atoms with Crippen LogP contribution >= 0.6 is 0 Å². The fraction of sp³-hybridized carbons (Fsp3) is 0.448. The van der Waals surface area contributed by atoms with Crippen LogP contribution in [0.1, 0.15) is 76.4 Å². The summed E-state index contributed by atoms with van der Waals surface area (Å²) in [5, 5.41) is 5.59. The molecule has 2 aromatic carbocycles. The van der Waals surface area contributed by atoms with Gasteiger partial charge in [0, 0.05) is 25.2 Å². The first-order valence-corrected chi connectivity index (χ1v) is 13.2. The van der Waals surface area contributed by atoms with Gasteiger partial charge in [0.1, 0.15) is 6.04 Å². The molecule has 8 nitrogen and oxygen atoms in total. The van der Waals surface area contributed by atoms with Gasteiger partial charge in [-0.05, 0) is 74.0 Å². The molecule has 194 valence electrons. The van der Waals surface area contributed by atoms with Crippen LogP contribution in [-0.2, 0) is 22.7 Å². The van der Waals surface area contributed by atoms with Gasteiger partial charge in [-0.15, -0.1) is 0 Å². The van der Waals surface area contributed by atoms with Gasteiger partial charge in [0.25, 0.3) is 11.8 Å². The van der Waals surface area contributed by atoms with Crippen LogP contribution in [0.3, 0.4) is 0 Å². The van der Waals surface area contributed by atoms with Crippen molar-refractivity contribution in [2.75, 3.05) is 18.4 Å². The van der Waals surface area contributed by atoms with Crippen LogP contribution in [0.2, 0.25) is 0 Å². The molecule has 0 saturated carbocycles. The highest BCUT2D eigenvalue weighted by atomic mass is 16.2. The van der Waals surface area contributed by atoms with Crippen molar-refractivity contribution >= 4 is 29.3 Å². The number of carbonyl (C=O) groups is 4. The maximum Gasteiger partial charge on any atom is 0.264 e. The molecule has 0 radical (unpaired) electrons. The highest BCUT2D eigenvalue weighted by Crippen LogP contribution is 2.32. The van der Waals surface area contributed by atoms with Crippen LogP contribution in [-0.4, -0.2) is 52.6 Å². The molecule has 8 heteroatoms. The number of benzene rings is 2. The highest BCUT2D eigenvalue weighted by Gasteiger charge is 2.45. The molecule has 0 bridgehead atoms. The second-order valence-corrected chi connectivity index (χ2v) is 10.4. The third-order valence-electron chi connectivity index (χ3n) is 8.04. The second-order valence-electron chi connectivity index (χ2n) is 10.4. The molecular weight excluding hydrogens is 468 g/mol. The minimum absolute atomic E-state index is 0.0985. The minimum Gasteiger partial charge on any atom is -0.380 e. The van der Waals surface area contributed by atoms with Crippen LogP contribution in [0, 0.1) is 12.8 Å². The van der Waals surface area contributed by atoms with Crippen molar-refractivity contribution in [3.63, 3.8) is 0 Å². The topological polar surface area (TPSA) is 98.8 Å². The van der Waals surface area contributed by atoms with E-state index in [1.807, 2.05) is 0 Å². The summed E-state index contributed by atoms with van der Waals surface area (Å²) in [7, 11) is 0. The molecule has 3 aliphatic heterocycles. The predicted molar refractivity (Wildman–Crippen MR) is 140 cm³/mol. The van der Waals surface area contributed by atoms with Crippen molar-refractivity contribution in [3.05, 3.63) is 64.2 Å². The van der Waals surface area contributed by atoms with Crippen LogP contribution < -0.4 is 10.6 Å².